The van der Waals surface area contributed by atoms with Gasteiger partial charge >= 0.3 is 0 Å². The molecule has 44 heavy (non-hydrogen) atoms. The molecule has 0 aliphatic rings. The lowest BCUT2D eigenvalue weighted by atomic mass is 10.1. The molecule has 0 spiro atoms. The molecule has 0 unspecified atom stereocenters. The number of rotatable bonds is 33. The maximum absolute atomic E-state index is 12.0. The lowest BCUT2D eigenvalue weighted by molar-refractivity contribution is -0.122. The van der Waals surface area contributed by atoms with Crippen LogP contribution in [0.3, 0.4) is 0 Å². The Labute approximate surface area is 274 Å². The molecule has 254 valence electrons. The minimum atomic E-state index is 0.168. The van der Waals surface area contributed by atoms with E-state index in [0.717, 1.165) is 51.4 Å². The van der Waals surface area contributed by atoms with E-state index < -0.39 is 0 Å². The topological polar surface area (TPSA) is 58.2 Å². The lowest BCUT2D eigenvalue weighted by Gasteiger charge is -2.07. The molecule has 0 fully saturated rings. The fourth-order valence-corrected chi connectivity index (χ4v) is 5.08. The highest BCUT2D eigenvalue weighted by molar-refractivity contribution is 5.76. The summed E-state index contributed by atoms with van der Waals surface area (Å²) in [6, 6.07) is 0. The van der Waals surface area contributed by atoms with E-state index in [2.05, 4.69) is 73.1 Å². The first kappa shape index (κ1) is 41.9. The molecule has 0 saturated heterocycles. The average Bonchev–Trinajstić information content (AvgIpc) is 3.02. The Morgan fingerprint density at radius 1 is 0.386 bits per heavy atom. The van der Waals surface area contributed by atoms with Gasteiger partial charge in [-0.15, -0.1) is 0 Å². The second kappa shape index (κ2) is 37.1. The normalized spacial score (nSPS) is 12.0. The number of allylic oxidation sites excluding steroid dienone is 8. The molecule has 4 nitrogen and oxygen atoms in total. The summed E-state index contributed by atoms with van der Waals surface area (Å²) in [6.07, 6.45) is 48.0. The number of carbonyl (C=O) groups excluding carboxylic acids is 2. The van der Waals surface area contributed by atoms with Crippen LogP contribution in [0.4, 0.5) is 0 Å². The Morgan fingerprint density at radius 2 is 0.705 bits per heavy atom. The van der Waals surface area contributed by atoms with Crippen LogP contribution in [0.2, 0.25) is 0 Å². The van der Waals surface area contributed by atoms with Crippen molar-refractivity contribution in [2.45, 2.75) is 181 Å². The zero-order valence-corrected chi connectivity index (χ0v) is 29.2. The fraction of sp³-hybridized carbons (Fsp3) is 0.750. The molecule has 0 bridgehead atoms. The second-order valence-electron chi connectivity index (χ2n) is 12.4. The maximum atomic E-state index is 12.0. The molecule has 0 atom stereocenters. The predicted molar refractivity (Wildman–Crippen MR) is 194 cm³/mol. The van der Waals surface area contributed by atoms with Gasteiger partial charge in [0, 0.05) is 25.9 Å². The zero-order chi connectivity index (χ0) is 32.0. The van der Waals surface area contributed by atoms with Gasteiger partial charge in [-0.25, -0.2) is 0 Å². The summed E-state index contributed by atoms with van der Waals surface area (Å²) in [5.41, 5.74) is 0. The van der Waals surface area contributed by atoms with Crippen LogP contribution >= 0.6 is 0 Å². The van der Waals surface area contributed by atoms with Crippen LogP contribution in [0.1, 0.15) is 181 Å². The number of hydrogen-bond donors (Lipinski definition) is 2. The van der Waals surface area contributed by atoms with Crippen molar-refractivity contribution in [3.8, 4) is 0 Å². The number of nitrogens with one attached hydrogen (secondary N) is 2. The van der Waals surface area contributed by atoms with Gasteiger partial charge in [0.25, 0.3) is 0 Å². The largest absolute Gasteiger partial charge is 0.356 e. The third kappa shape index (κ3) is 36.1. The van der Waals surface area contributed by atoms with Gasteiger partial charge in [-0.3, -0.25) is 9.59 Å². The molecule has 0 aromatic carbocycles. The van der Waals surface area contributed by atoms with Crippen molar-refractivity contribution in [3.63, 3.8) is 0 Å². The van der Waals surface area contributed by atoms with E-state index in [9.17, 15) is 9.59 Å². The number of unbranched alkanes of at least 4 members (excludes halogenated alkanes) is 17. The molecule has 0 radical (unpaired) electrons. The van der Waals surface area contributed by atoms with E-state index in [1.165, 1.54) is 103 Å². The molecule has 4 heteroatoms. The highest BCUT2D eigenvalue weighted by Crippen LogP contribution is 2.09. The summed E-state index contributed by atoms with van der Waals surface area (Å²) in [4.78, 5) is 24.1. The van der Waals surface area contributed by atoms with Crippen molar-refractivity contribution in [2.75, 3.05) is 13.1 Å². The quantitative estimate of drug-likeness (QED) is 0.0572. The summed E-state index contributed by atoms with van der Waals surface area (Å²) < 4.78 is 0. The van der Waals surface area contributed by atoms with Crippen LogP contribution in [0.15, 0.2) is 48.6 Å². The zero-order valence-electron chi connectivity index (χ0n) is 29.2. The van der Waals surface area contributed by atoms with Gasteiger partial charge in [0.15, 0.2) is 0 Å². The first-order valence-electron chi connectivity index (χ1n) is 18.8. The Bertz CT molecular complexity index is 676. The Morgan fingerprint density at radius 3 is 1.07 bits per heavy atom. The van der Waals surface area contributed by atoms with Crippen molar-refractivity contribution in [1.29, 1.82) is 0 Å². The first-order valence-corrected chi connectivity index (χ1v) is 18.8. The molecule has 0 aromatic rings. The van der Waals surface area contributed by atoms with Gasteiger partial charge in [0.2, 0.25) is 11.8 Å². The monoisotopic (exact) mass is 613 g/mol. The molecule has 0 aromatic heterocycles. The minimum absolute atomic E-state index is 0.168. The van der Waals surface area contributed by atoms with Gasteiger partial charge < -0.3 is 10.6 Å². The van der Waals surface area contributed by atoms with E-state index >= 15 is 0 Å². The molecule has 0 aliphatic carbocycles. The molecular formula is C40H72N2O2. The lowest BCUT2D eigenvalue weighted by Crippen LogP contribution is -2.27. The summed E-state index contributed by atoms with van der Waals surface area (Å²) in [7, 11) is 0. The number of carbonyl (C=O) groups is 2. The predicted octanol–water partition coefficient (Wildman–Crippen LogP) is 11.6. The van der Waals surface area contributed by atoms with E-state index in [0.29, 0.717) is 25.9 Å². The number of hydrogen-bond acceptors (Lipinski definition) is 2. The van der Waals surface area contributed by atoms with Gasteiger partial charge in [0.05, 0.1) is 0 Å². The van der Waals surface area contributed by atoms with Crippen LogP contribution in [0.5, 0.6) is 0 Å². The maximum Gasteiger partial charge on any atom is 0.219 e. The first-order chi connectivity index (χ1) is 21.7. The van der Waals surface area contributed by atoms with Crippen molar-refractivity contribution in [2.24, 2.45) is 0 Å². The van der Waals surface area contributed by atoms with Crippen molar-refractivity contribution >= 4 is 11.8 Å². The van der Waals surface area contributed by atoms with Crippen LogP contribution < -0.4 is 10.6 Å². The Hall–Kier alpha value is -2.10. The van der Waals surface area contributed by atoms with Crippen LogP contribution in [0, 0.1) is 0 Å². The van der Waals surface area contributed by atoms with Gasteiger partial charge in [-0.2, -0.15) is 0 Å². The Balaban J connectivity index is 3.37. The fourth-order valence-electron chi connectivity index (χ4n) is 5.08. The molecule has 2 N–H and O–H groups in total. The third-order valence-electron chi connectivity index (χ3n) is 7.96. The van der Waals surface area contributed by atoms with Crippen LogP contribution in [-0.4, -0.2) is 24.9 Å². The van der Waals surface area contributed by atoms with Crippen LogP contribution in [0.25, 0.3) is 0 Å². The summed E-state index contributed by atoms with van der Waals surface area (Å²) in [6.45, 7) is 5.91. The summed E-state index contributed by atoms with van der Waals surface area (Å²) in [5, 5.41) is 6.06. The van der Waals surface area contributed by atoms with E-state index in [1.807, 2.05) is 0 Å². The highest BCUT2D eigenvalue weighted by Gasteiger charge is 2.02. The van der Waals surface area contributed by atoms with Gasteiger partial charge in [-0.05, 0) is 89.9 Å². The second-order valence-corrected chi connectivity index (χ2v) is 12.4. The molecule has 2 amide bonds. The van der Waals surface area contributed by atoms with E-state index in [-0.39, 0.29) is 11.8 Å². The number of amides is 2. The Kier molecular flexibility index (Phi) is 35.3. The smallest absolute Gasteiger partial charge is 0.219 e. The van der Waals surface area contributed by atoms with Gasteiger partial charge in [-0.1, -0.05) is 127 Å². The van der Waals surface area contributed by atoms with Crippen LogP contribution in [-0.2, 0) is 9.59 Å². The van der Waals surface area contributed by atoms with Crippen molar-refractivity contribution in [3.05, 3.63) is 48.6 Å². The third-order valence-corrected chi connectivity index (χ3v) is 7.96. The van der Waals surface area contributed by atoms with Crippen molar-refractivity contribution in [1.82, 2.24) is 10.6 Å². The molecule has 0 rings (SSSR count). The highest BCUT2D eigenvalue weighted by atomic mass is 16.2. The SMILES string of the molecule is CCCCCC=CCC=CCCCCCCCC(=O)NCCCCNC(=O)CCCCCCC/C=C\CC=CCCCCC. The standard InChI is InChI=1S/C40H72N2O2/c1-3-5-7-9-11-13-15-17-19-21-23-25-27-29-31-35-39(43)41-37-33-34-38-42-40(44)36-32-30-28-26-24-22-20-18-16-14-12-10-8-6-4-2/h11-14,17-20H,3-10,15-16,21-38H2,1-2H3,(H,41,43)(H,42,44)/b13-11?,14-12?,19-17-,20-18?. The van der Waals surface area contributed by atoms with Crippen molar-refractivity contribution < 1.29 is 9.59 Å². The molecule has 0 heterocycles. The average molecular weight is 613 g/mol. The summed E-state index contributed by atoms with van der Waals surface area (Å²) in [5.74, 6) is 0.335. The molecule has 0 saturated carbocycles. The summed E-state index contributed by atoms with van der Waals surface area (Å²) >= 11 is 0. The van der Waals surface area contributed by atoms with E-state index in [4.69, 9.17) is 0 Å². The molecular weight excluding hydrogens is 540 g/mol. The van der Waals surface area contributed by atoms with E-state index in [1.54, 1.807) is 0 Å². The minimum Gasteiger partial charge on any atom is -0.356 e. The molecule has 0 aliphatic heterocycles. The van der Waals surface area contributed by atoms with Gasteiger partial charge in [0.1, 0.15) is 0 Å².